The maximum Gasteiger partial charge on any atom is 0.118 e. The zero-order chi connectivity index (χ0) is 12.1. The topological polar surface area (TPSA) is 38.7 Å². The van der Waals surface area contributed by atoms with Crippen LogP contribution in [-0.2, 0) is 11.3 Å². The van der Waals surface area contributed by atoms with Gasteiger partial charge >= 0.3 is 0 Å². The van der Waals surface area contributed by atoms with Crippen molar-refractivity contribution in [2.75, 3.05) is 13.7 Å². The Bertz CT molecular complexity index is 334. The SMILES string of the molecule is COc1ccc(COC[C@@H]2CCC[C@H]2O)cc1. The summed E-state index contributed by atoms with van der Waals surface area (Å²) >= 11 is 0. The highest BCUT2D eigenvalue weighted by molar-refractivity contribution is 5.26. The summed E-state index contributed by atoms with van der Waals surface area (Å²) in [4.78, 5) is 0. The van der Waals surface area contributed by atoms with Crippen LogP contribution in [0.3, 0.4) is 0 Å². The van der Waals surface area contributed by atoms with Crippen LogP contribution in [-0.4, -0.2) is 24.9 Å². The summed E-state index contributed by atoms with van der Waals surface area (Å²) in [7, 11) is 1.66. The van der Waals surface area contributed by atoms with Crippen LogP contribution in [0, 0.1) is 5.92 Å². The van der Waals surface area contributed by atoms with Gasteiger partial charge in [-0.1, -0.05) is 18.6 Å². The number of rotatable bonds is 5. The first-order valence-corrected chi connectivity index (χ1v) is 6.18. The fourth-order valence-electron chi connectivity index (χ4n) is 2.26. The highest BCUT2D eigenvalue weighted by Crippen LogP contribution is 2.25. The lowest BCUT2D eigenvalue weighted by Gasteiger charge is -2.14. The quantitative estimate of drug-likeness (QED) is 0.853. The molecular weight excluding hydrogens is 216 g/mol. The second-order valence-electron chi connectivity index (χ2n) is 4.62. The van der Waals surface area contributed by atoms with Crippen molar-refractivity contribution in [3.05, 3.63) is 29.8 Å². The molecule has 1 saturated carbocycles. The minimum Gasteiger partial charge on any atom is -0.497 e. The largest absolute Gasteiger partial charge is 0.497 e. The summed E-state index contributed by atoms with van der Waals surface area (Å²) in [5.74, 6) is 1.19. The molecular formula is C14H20O3. The summed E-state index contributed by atoms with van der Waals surface area (Å²) < 4.78 is 10.7. The molecule has 3 nitrogen and oxygen atoms in total. The fraction of sp³-hybridized carbons (Fsp3) is 0.571. The molecule has 17 heavy (non-hydrogen) atoms. The molecule has 0 bridgehead atoms. The number of hydrogen-bond acceptors (Lipinski definition) is 3. The zero-order valence-electron chi connectivity index (χ0n) is 10.3. The first-order chi connectivity index (χ1) is 8.29. The molecule has 0 spiro atoms. The van der Waals surface area contributed by atoms with Crippen LogP contribution in [0.5, 0.6) is 5.75 Å². The van der Waals surface area contributed by atoms with Crippen LogP contribution < -0.4 is 4.74 Å². The van der Waals surface area contributed by atoms with E-state index in [1.54, 1.807) is 7.11 Å². The van der Waals surface area contributed by atoms with Crippen LogP contribution in [0.2, 0.25) is 0 Å². The lowest BCUT2D eigenvalue weighted by atomic mass is 10.1. The van der Waals surface area contributed by atoms with Crippen LogP contribution in [0.15, 0.2) is 24.3 Å². The molecule has 0 heterocycles. The predicted octanol–water partition coefficient (Wildman–Crippen LogP) is 2.37. The molecule has 1 fully saturated rings. The average Bonchev–Trinajstić information content (AvgIpc) is 2.76. The van der Waals surface area contributed by atoms with E-state index in [1.807, 2.05) is 24.3 Å². The molecule has 2 atom stereocenters. The van der Waals surface area contributed by atoms with Crippen LogP contribution in [0.1, 0.15) is 24.8 Å². The first-order valence-electron chi connectivity index (χ1n) is 6.18. The molecule has 1 aromatic carbocycles. The number of aliphatic hydroxyl groups is 1. The molecule has 94 valence electrons. The van der Waals surface area contributed by atoms with Crippen molar-refractivity contribution in [2.45, 2.75) is 32.0 Å². The Morgan fingerprint density at radius 3 is 2.59 bits per heavy atom. The van der Waals surface area contributed by atoms with Crippen molar-refractivity contribution < 1.29 is 14.6 Å². The fourth-order valence-corrected chi connectivity index (χ4v) is 2.26. The van der Waals surface area contributed by atoms with Crippen LogP contribution >= 0.6 is 0 Å². The summed E-state index contributed by atoms with van der Waals surface area (Å²) in [6.45, 7) is 1.26. The van der Waals surface area contributed by atoms with E-state index >= 15 is 0 Å². The number of ether oxygens (including phenoxy) is 2. The Morgan fingerprint density at radius 2 is 2.00 bits per heavy atom. The summed E-state index contributed by atoms with van der Waals surface area (Å²) in [6.07, 6.45) is 2.98. The van der Waals surface area contributed by atoms with E-state index in [0.29, 0.717) is 19.1 Å². The first kappa shape index (κ1) is 12.4. The van der Waals surface area contributed by atoms with Gasteiger partial charge in [-0.15, -0.1) is 0 Å². The molecule has 0 radical (unpaired) electrons. The maximum absolute atomic E-state index is 9.66. The molecule has 1 aromatic rings. The highest BCUT2D eigenvalue weighted by Gasteiger charge is 2.24. The summed E-state index contributed by atoms with van der Waals surface area (Å²) in [6, 6.07) is 7.88. The summed E-state index contributed by atoms with van der Waals surface area (Å²) in [5, 5.41) is 9.66. The van der Waals surface area contributed by atoms with E-state index in [9.17, 15) is 5.11 Å². The van der Waals surface area contributed by atoms with Crippen molar-refractivity contribution in [1.82, 2.24) is 0 Å². The normalized spacial score (nSPS) is 23.9. The maximum atomic E-state index is 9.66. The number of hydrogen-bond donors (Lipinski definition) is 1. The van der Waals surface area contributed by atoms with Crippen molar-refractivity contribution in [3.8, 4) is 5.75 Å². The Morgan fingerprint density at radius 1 is 1.24 bits per heavy atom. The standard InChI is InChI=1S/C14H20O3/c1-16-13-7-5-11(6-8-13)9-17-10-12-3-2-4-14(12)15/h5-8,12,14-15H,2-4,9-10H2,1H3/t12-,14+/m0/s1. The van der Waals surface area contributed by atoms with Gasteiger partial charge in [-0.3, -0.25) is 0 Å². The number of benzene rings is 1. The molecule has 1 aliphatic rings. The molecule has 0 amide bonds. The molecule has 1 N–H and O–H groups in total. The zero-order valence-corrected chi connectivity index (χ0v) is 10.3. The Kier molecular flexibility index (Phi) is 4.40. The second kappa shape index (κ2) is 6.03. The van der Waals surface area contributed by atoms with Gasteiger partial charge in [0.1, 0.15) is 5.75 Å². The van der Waals surface area contributed by atoms with Crippen molar-refractivity contribution in [1.29, 1.82) is 0 Å². The monoisotopic (exact) mass is 236 g/mol. The van der Waals surface area contributed by atoms with Gasteiger partial charge in [0.25, 0.3) is 0 Å². The van der Waals surface area contributed by atoms with Crippen LogP contribution in [0.25, 0.3) is 0 Å². The minimum atomic E-state index is -0.161. The van der Waals surface area contributed by atoms with E-state index < -0.39 is 0 Å². The van der Waals surface area contributed by atoms with E-state index in [0.717, 1.165) is 30.6 Å². The van der Waals surface area contributed by atoms with Gasteiger partial charge in [-0.25, -0.2) is 0 Å². The molecule has 3 heteroatoms. The Labute approximate surface area is 102 Å². The van der Waals surface area contributed by atoms with E-state index in [4.69, 9.17) is 9.47 Å². The van der Waals surface area contributed by atoms with Gasteiger partial charge in [0, 0.05) is 5.92 Å². The third kappa shape index (κ3) is 3.45. The predicted molar refractivity (Wildman–Crippen MR) is 66.0 cm³/mol. The van der Waals surface area contributed by atoms with Gasteiger partial charge in [0.15, 0.2) is 0 Å². The molecule has 0 unspecified atom stereocenters. The van der Waals surface area contributed by atoms with Gasteiger partial charge in [-0.2, -0.15) is 0 Å². The van der Waals surface area contributed by atoms with Gasteiger partial charge in [0.2, 0.25) is 0 Å². The molecule has 0 saturated heterocycles. The highest BCUT2D eigenvalue weighted by atomic mass is 16.5. The lowest BCUT2D eigenvalue weighted by Crippen LogP contribution is -2.18. The van der Waals surface area contributed by atoms with E-state index in [-0.39, 0.29) is 6.10 Å². The van der Waals surface area contributed by atoms with Gasteiger partial charge in [0.05, 0.1) is 26.4 Å². The van der Waals surface area contributed by atoms with Gasteiger partial charge < -0.3 is 14.6 Å². The van der Waals surface area contributed by atoms with Crippen molar-refractivity contribution in [2.24, 2.45) is 5.92 Å². The molecule has 0 aromatic heterocycles. The molecule has 0 aliphatic heterocycles. The van der Waals surface area contributed by atoms with Crippen LogP contribution in [0.4, 0.5) is 0 Å². The molecule has 2 rings (SSSR count). The third-order valence-electron chi connectivity index (χ3n) is 3.38. The van der Waals surface area contributed by atoms with Crippen molar-refractivity contribution >= 4 is 0 Å². The average molecular weight is 236 g/mol. The lowest BCUT2D eigenvalue weighted by molar-refractivity contribution is 0.0367. The third-order valence-corrected chi connectivity index (χ3v) is 3.38. The van der Waals surface area contributed by atoms with E-state index in [2.05, 4.69) is 0 Å². The second-order valence-corrected chi connectivity index (χ2v) is 4.62. The Balaban J connectivity index is 1.73. The number of methoxy groups -OCH3 is 1. The number of aliphatic hydroxyl groups excluding tert-OH is 1. The van der Waals surface area contributed by atoms with Gasteiger partial charge in [-0.05, 0) is 30.5 Å². The smallest absolute Gasteiger partial charge is 0.118 e. The van der Waals surface area contributed by atoms with E-state index in [1.165, 1.54) is 0 Å². The summed E-state index contributed by atoms with van der Waals surface area (Å²) in [5.41, 5.74) is 1.14. The minimum absolute atomic E-state index is 0.161. The molecule has 1 aliphatic carbocycles. The van der Waals surface area contributed by atoms with Crippen molar-refractivity contribution in [3.63, 3.8) is 0 Å². The Hall–Kier alpha value is -1.06.